The second-order valence-electron chi connectivity index (χ2n) is 7.48. The number of hydrogen-bond donors (Lipinski definition) is 0. The zero-order chi connectivity index (χ0) is 21.2. The average molecular weight is 450 g/mol. The number of ether oxygens (including phenoxy) is 1. The molecular formula is C24H23N3O2S2. The molecule has 0 bridgehead atoms. The van der Waals surface area contributed by atoms with Crippen LogP contribution >= 0.6 is 22.7 Å². The van der Waals surface area contributed by atoms with Gasteiger partial charge in [0, 0.05) is 31.9 Å². The number of anilines is 1. The third-order valence-electron chi connectivity index (χ3n) is 5.54. The number of fused-ring (bicyclic) bond motifs is 1. The lowest BCUT2D eigenvalue weighted by molar-refractivity contribution is 0.0772. The predicted molar refractivity (Wildman–Crippen MR) is 129 cm³/mol. The van der Waals surface area contributed by atoms with Crippen LogP contribution in [0.5, 0.6) is 5.75 Å². The van der Waals surface area contributed by atoms with E-state index in [1.165, 1.54) is 10.4 Å². The number of thiazole rings is 1. The highest BCUT2D eigenvalue weighted by molar-refractivity contribution is 7.26. The van der Waals surface area contributed by atoms with E-state index in [2.05, 4.69) is 23.1 Å². The van der Waals surface area contributed by atoms with E-state index in [1.807, 2.05) is 47.4 Å². The molecule has 1 amide bonds. The van der Waals surface area contributed by atoms with Gasteiger partial charge in [0.2, 0.25) is 0 Å². The Morgan fingerprint density at radius 2 is 1.77 bits per heavy atom. The Hall–Kier alpha value is -2.90. The fourth-order valence-electron chi connectivity index (χ4n) is 3.87. The molecule has 0 radical (unpaired) electrons. The van der Waals surface area contributed by atoms with E-state index in [0.29, 0.717) is 0 Å². The zero-order valence-corrected chi connectivity index (χ0v) is 18.9. The highest BCUT2D eigenvalue weighted by Gasteiger charge is 2.22. The van der Waals surface area contributed by atoms with Crippen LogP contribution in [0.4, 0.5) is 5.69 Å². The third kappa shape index (κ3) is 4.16. The molecule has 4 aromatic rings. The Bertz CT molecular complexity index is 1170. The molecule has 3 heterocycles. The van der Waals surface area contributed by atoms with Crippen molar-refractivity contribution >= 4 is 44.5 Å². The number of thiophene rings is 1. The smallest absolute Gasteiger partial charge is 0.264 e. The van der Waals surface area contributed by atoms with Gasteiger partial charge in [0.15, 0.2) is 0 Å². The Kier molecular flexibility index (Phi) is 5.61. The summed E-state index contributed by atoms with van der Waals surface area (Å²) in [5, 5.41) is 0.979. The topological polar surface area (TPSA) is 45.7 Å². The van der Waals surface area contributed by atoms with Crippen LogP contribution in [0.15, 0.2) is 60.7 Å². The lowest BCUT2D eigenvalue weighted by Crippen LogP contribution is -2.34. The minimum Gasteiger partial charge on any atom is -0.497 e. The minimum atomic E-state index is 0.119. The molecule has 0 saturated carbocycles. The number of aromatic nitrogens is 1. The molecule has 5 nitrogen and oxygen atoms in total. The van der Waals surface area contributed by atoms with Gasteiger partial charge < -0.3 is 14.5 Å². The standard InChI is InChI=1S/C24H23N3O2S2/c1-29-18-9-7-17(8-10-18)26-13-4-14-27(16-15-26)24(28)22-12-11-21(30-22)23-25-19-5-2-3-6-20(19)31-23/h2-3,5-12H,4,13-16H2,1H3. The maximum Gasteiger partial charge on any atom is 0.264 e. The summed E-state index contributed by atoms with van der Waals surface area (Å²) in [5.74, 6) is 0.978. The second kappa shape index (κ2) is 8.69. The summed E-state index contributed by atoms with van der Waals surface area (Å²) in [6.07, 6.45) is 0.952. The fourth-order valence-corrected chi connectivity index (χ4v) is 5.87. The molecule has 1 saturated heterocycles. The molecule has 0 unspecified atom stereocenters. The predicted octanol–water partition coefficient (Wildman–Crippen LogP) is 5.39. The van der Waals surface area contributed by atoms with Crippen LogP contribution in [0.25, 0.3) is 20.1 Å². The summed E-state index contributed by atoms with van der Waals surface area (Å²) in [5.41, 5.74) is 2.18. The minimum absolute atomic E-state index is 0.119. The van der Waals surface area contributed by atoms with E-state index in [1.54, 1.807) is 29.8 Å². The van der Waals surface area contributed by atoms with Crippen molar-refractivity contribution in [3.05, 3.63) is 65.5 Å². The number of rotatable bonds is 4. The lowest BCUT2D eigenvalue weighted by Gasteiger charge is -2.23. The van der Waals surface area contributed by atoms with E-state index < -0.39 is 0 Å². The number of carbonyl (C=O) groups excluding carboxylic acids is 1. The van der Waals surface area contributed by atoms with Crippen molar-refractivity contribution in [2.75, 3.05) is 38.2 Å². The largest absolute Gasteiger partial charge is 0.497 e. The molecule has 2 aromatic carbocycles. The number of carbonyl (C=O) groups is 1. The number of benzene rings is 2. The van der Waals surface area contributed by atoms with Gasteiger partial charge in [-0.2, -0.15) is 0 Å². The van der Waals surface area contributed by atoms with Crippen LogP contribution in [0.1, 0.15) is 16.1 Å². The van der Waals surface area contributed by atoms with Gasteiger partial charge in [-0.3, -0.25) is 4.79 Å². The molecule has 0 N–H and O–H groups in total. The first-order chi connectivity index (χ1) is 15.2. The summed E-state index contributed by atoms with van der Waals surface area (Å²) in [6.45, 7) is 3.27. The van der Waals surface area contributed by atoms with Gasteiger partial charge in [-0.1, -0.05) is 12.1 Å². The van der Waals surface area contributed by atoms with Crippen molar-refractivity contribution in [1.82, 2.24) is 9.88 Å². The Morgan fingerprint density at radius 3 is 2.58 bits per heavy atom. The highest BCUT2D eigenvalue weighted by Crippen LogP contribution is 2.35. The summed E-state index contributed by atoms with van der Waals surface area (Å²) in [6, 6.07) is 20.3. The first kappa shape index (κ1) is 20.0. The van der Waals surface area contributed by atoms with Crippen LogP contribution in [0, 0.1) is 0 Å². The van der Waals surface area contributed by atoms with E-state index in [-0.39, 0.29) is 5.91 Å². The fraction of sp³-hybridized carbons (Fsp3) is 0.250. The van der Waals surface area contributed by atoms with Crippen molar-refractivity contribution in [1.29, 1.82) is 0 Å². The van der Waals surface area contributed by atoms with Gasteiger partial charge in [0.25, 0.3) is 5.91 Å². The highest BCUT2D eigenvalue weighted by atomic mass is 32.1. The number of para-hydroxylation sites is 1. The molecular weight excluding hydrogens is 426 g/mol. The van der Waals surface area contributed by atoms with Crippen molar-refractivity contribution in [3.8, 4) is 15.6 Å². The van der Waals surface area contributed by atoms with Crippen LogP contribution in [-0.2, 0) is 0 Å². The Balaban J connectivity index is 1.28. The molecule has 5 rings (SSSR count). The third-order valence-corrected chi connectivity index (χ3v) is 7.82. The van der Waals surface area contributed by atoms with Crippen molar-refractivity contribution < 1.29 is 9.53 Å². The summed E-state index contributed by atoms with van der Waals surface area (Å²) in [4.78, 5) is 24.1. The van der Waals surface area contributed by atoms with Crippen LogP contribution in [0.3, 0.4) is 0 Å². The molecule has 158 valence electrons. The molecule has 1 aliphatic heterocycles. The quantitative estimate of drug-likeness (QED) is 0.419. The monoisotopic (exact) mass is 449 g/mol. The lowest BCUT2D eigenvalue weighted by atomic mass is 10.2. The van der Waals surface area contributed by atoms with Gasteiger partial charge >= 0.3 is 0 Å². The molecule has 0 spiro atoms. The molecule has 0 atom stereocenters. The summed E-state index contributed by atoms with van der Waals surface area (Å²) < 4.78 is 6.43. The number of hydrogen-bond acceptors (Lipinski definition) is 6. The summed E-state index contributed by atoms with van der Waals surface area (Å²) >= 11 is 3.21. The average Bonchev–Trinajstić information content (AvgIpc) is 3.40. The molecule has 1 aliphatic rings. The van der Waals surface area contributed by atoms with Gasteiger partial charge in [-0.15, -0.1) is 22.7 Å². The zero-order valence-electron chi connectivity index (χ0n) is 17.3. The summed E-state index contributed by atoms with van der Waals surface area (Å²) in [7, 11) is 1.68. The molecule has 1 fully saturated rings. The van der Waals surface area contributed by atoms with Gasteiger partial charge in [0.05, 0.1) is 27.1 Å². The van der Waals surface area contributed by atoms with Crippen LogP contribution in [0.2, 0.25) is 0 Å². The maximum absolute atomic E-state index is 13.2. The van der Waals surface area contributed by atoms with Gasteiger partial charge in [0.1, 0.15) is 10.8 Å². The molecule has 7 heteroatoms. The van der Waals surface area contributed by atoms with Crippen LogP contribution < -0.4 is 9.64 Å². The molecule has 31 heavy (non-hydrogen) atoms. The number of methoxy groups -OCH3 is 1. The maximum atomic E-state index is 13.2. The van der Waals surface area contributed by atoms with E-state index >= 15 is 0 Å². The van der Waals surface area contributed by atoms with Crippen molar-refractivity contribution in [3.63, 3.8) is 0 Å². The Morgan fingerprint density at radius 1 is 0.935 bits per heavy atom. The second-order valence-corrected chi connectivity index (χ2v) is 9.60. The van der Waals surface area contributed by atoms with Gasteiger partial charge in [-0.25, -0.2) is 4.98 Å². The first-order valence-corrected chi connectivity index (χ1v) is 12.0. The molecule has 0 aliphatic carbocycles. The SMILES string of the molecule is COc1ccc(N2CCCN(C(=O)c3ccc(-c4nc5ccccc5s4)s3)CC2)cc1. The van der Waals surface area contributed by atoms with Crippen molar-refractivity contribution in [2.24, 2.45) is 0 Å². The van der Waals surface area contributed by atoms with E-state index in [9.17, 15) is 4.79 Å². The first-order valence-electron chi connectivity index (χ1n) is 10.4. The van der Waals surface area contributed by atoms with Gasteiger partial charge in [-0.05, 0) is 55.0 Å². The Labute approximate surface area is 189 Å². The molecule has 2 aromatic heterocycles. The number of amides is 1. The van der Waals surface area contributed by atoms with Crippen LogP contribution in [-0.4, -0.2) is 49.1 Å². The van der Waals surface area contributed by atoms with Crippen molar-refractivity contribution in [2.45, 2.75) is 6.42 Å². The number of nitrogens with zero attached hydrogens (tertiary/aromatic N) is 3. The normalized spacial score (nSPS) is 14.6. The van der Waals surface area contributed by atoms with E-state index in [4.69, 9.17) is 9.72 Å². The van der Waals surface area contributed by atoms with E-state index in [0.717, 1.165) is 58.6 Å².